The van der Waals surface area contributed by atoms with Crippen molar-refractivity contribution in [2.24, 2.45) is 0 Å². The van der Waals surface area contributed by atoms with E-state index in [1.807, 2.05) is 31.2 Å². The maximum atomic E-state index is 12.3. The first-order valence-corrected chi connectivity index (χ1v) is 8.82. The van der Waals surface area contributed by atoms with Crippen LogP contribution in [0.1, 0.15) is 34.9 Å². The van der Waals surface area contributed by atoms with Gasteiger partial charge < -0.3 is 5.32 Å². The third-order valence-corrected chi connectivity index (χ3v) is 5.71. The zero-order chi connectivity index (χ0) is 16.0. The highest BCUT2D eigenvalue weighted by atomic mass is 35.5. The van der Waals surface area contributed by atoms with E-state index in [1.54, 1.807) is 11.3 Å². The lowest BCUT2D eigenvalue weighted by Gasteiger charge is -2.01. The van der Waals surface area contributed by atoms with Gasteiger partial charge in [-0.15, -0.1) is 11.3 Å². The summed E-state index contributed by atoms with van der Waals surface area (Å²) in [6.07, 6.45) is 2.77. The fraction of sp³-hybridized carbons (Fsp3) is 0.294. The number of aryl methyl sites for hydroxylation is 1. The van der Waals surface area contributed by atoms with Gasteiger partial charge in [-0.2, -0.15) is 5.10 Å². The fourth-order valence-electron chi connectivity index (χ4n) is 2.75. The molecule has 4 rings (SSSR count). The van der Waals surface area contributed by atoms with Crippen LogP contribution in [0, 0.1) is 6.92 Å². The average molecular weight is 346 g/mol. The van der Waals surface area contributed by atoms with Crippen molar-refractivity contribution in [1.29, 1.82) is 0 Å². The van der Waals surface area contributed by atoms with Gasteiger partial charge in [0.1, 0.15) is 0 Å². The predicted octanol–water partition coefficient (Wildman–Crippen LogP) is 4.64. The number of nitrogens with one attached hydrogen (secondary N) is 2. The largest absolute Gasteiger partial charge is 0.309 e. The first kappa shape index (κ1) is 14.7. The first-order chi connectivity index (χ1) is 11.1. The van der Waals surface area contributed by atoms with E-state index in [0.29, 0.717) is 18.2 Å². The van der Waals surface area contributed by atoms with Crippen molar-refractivity contribution in [2.45, 2.75) is 32.1 Å². The summed E-state index contributed by atoms with van der Waals surface area (Å²) in [6.45, 7) is 2.04. The van der Waals surface area contributed by atoms with E-state index in [-0.39, 0.29) is 5.91 Å². The van der Waals surface area contributed by atoms with Crippen molar-refractivity contribution in [3.63, 3.8) is 0 Å². The standard InChI is InChI=1S/C17H16ClN3OS/c1-9-12-6-11(18)4-5-14(12)23-15(9)8-17(22)19-16-7-13(20-21-16)10-2-3-10/h4-7,10H,2-3,8H2,1H3,(H2,19,20,21,22). The van der Waals surface area contributed by atoms with Crippen LogP contribution in [0.4, 0.5) is 5.82 Å². The molecule has 1 saturated carbocycles. The van der Waals surface area contributed by atoms with Crippen LogP contribution in [0.5, 0.6) is 0 Å². The SMILES string of the molecule is Cc1c(CC(=O)Nc2cc(C3CC3)[nH]n2)sc2ccc(Cl)cc12. The summed E-state index contributed by atoms with van der Waals surface area (Å²) in [4.78, 5) is 13.4. The third kappa shape index (κ3) is 2.99. The van der Waals surface area contributed by atoms with Gasteiger partial charge in [0.05, 0.1) is 6.42 Å². The van der Waals surface area contributed by atoms with E-state index in [0.717, 1.165) is 31.2 Å². The quantitative estimate of drug-likeness (QED) is 0.723. The van der Waals surface area contributed by atoms with E-state index in [1.165, 1.54) is 12.8 Å². The Kier molecular flexibility index (Phi) is 3.62. The van der Waals surface area contributed by atoms with Crippen molar-refractivity contribution in [3.8, 4) is 0 Å². The molecule has 2 aromatic heterocycles. The van der Waals surface area contributed by atoms with Gasteiger partial charge in [-0.1, -0.05) is 11.6 Å². The maximum Gasteiger partial charge on any atom is 0.230 e. The maximum absolute atomic E-state index is 12.3. The van der Waals surface area contributed by atoms with Crippen LogP contribution in [0.2, 0.25) is 5.02 Å². The number of carbonyl (C=O) groups is 1. The Bertz CT molecular complexity index is 895. The Morgan fingerprint density at radius 1 is 1.43 bits per heavy atom. The Labute approximate surface area is 142 Å². The Morgan fingerprint density at radius 2 is 2.26 bits per heavy atom. The van der Waals surface area contributed by atoms with Crippen molar-refractivity contribution >= 4 is 44.7 Å². The molecular weight excluding hydrogens is 330 g/mol. The molecule has 4 nitrogen and oxygen atoms in total. The van der Waals surface area contributed by atoms with Gasteiger partial charge in [0.15, 0.2) is 5.82 Å². The minimum Gasteiger partial charge on any atom is -0.309 e. The molecule has 6 heteroatoms. The van der Waals surface area contributed by atoms with Gasteiger partial charge in [0.25, 0.3) is 0 Å². The molecule has 0 saturated heterocycles. The number of halogens is 1. The minimum absolute atomic E-state index is 0.0420. The summed E-state index contributed by atoms with van der Waals surface area (Å²) in [5.74, 6) is 1.17. The molecule has 1 aliphatic carbocycles. The number of thiophene rings is 1. The lowest BCUT2D eigenvalue weighted by atomic mass is 10.1. The lowest BCUT2D eigenvalue weighted by molar-refractivity contribution is -0.115. The molecule has 0 atom stereocenters. The van der Waals surface area contributed by atoms with Crippen LogP contribution < -0.4 is 5.32 Å². The summed E-state index contributed by atoms with van der Waals surface area (Å²) in [7, 11) is 0. The fourth-order valence-corrected chi connectivity index (χ4v) is 4.11. The topological polar surface area (TPSA) is 57.8 Å². The number of aromatic nitrogens is 2. The van der Waals surface area contributed by atoms with Gasteiger partial charge in [-0.05, 0) is 48.9 Å². The number of hydrogen-bond acceptors (Lipinski definition) is 3. The highest BCUT2D eigenvalue weighted by Gasteiger charge is 2.25. The predicted molar refractivity (Wildman–Crippen MR) is 94.5 cm³/mol. The van der Waals surface area contributed by atoms with Crippen molar-refractivity contribution in [1.82, 2.24) is 10.2 Å². The first-order valence-electron chi connectivity index (χ1n) is 7.63. The number of fused-ring (bicyclic) bond motifs is 1. The summed E-state index contributed by atoms with van der Waals surface area (Å²) < 4.78 is 1.16. The van der Waals surface area contributed by atoms with E-state index in [2.05, 4.69) is 15.5 Å². The molecule has 0 unspecified atom stereocenters. The van der Waals surface area contributed by atoms with Gasteiger partial charge in [-0.3, -0.25) is 9.89 Å². The summed E-state index contributed by atoms with van der Waals surface area (Å²) >= 11 is 7.70. The van der Waals surface area contributed by atoms with Crippen LogP contribution in [-0.2, 0) is 11.2 Å². The second-order valence-electron chi connectivity index (χ2n) is 6.00. The summed E-state index contributed by atoms with van der Waals surface area (Å²) in [6, 6.07) is 7.78. The monoisotopic (exact) mass is 345 g/mol. The van der Waals surface area contributed by atoms with E-state index in [4.69, 9.17) is 11.6 Å². The number of hydrogen-bond donors (Lipinski definition) is 2. The number of aromatic amines is 1. The molecule has 0 radical (unpaired) electrons. The molecule has 0 bridgehead atoms. The number of nitrogens with zero attached hydrogens (tertiary/aromatic N) is 1. The lowest BCUT2D eigenvalue weighted by Crippen LogP contribution is -2.14. The number of anilines is 1. The molecule has 0 aliphatic heterocycles. The molecule has 23 heavy (non-hydrogen) atoms. The van der Waals surface area contributed by atoms with Crippen molar-refractivity contribution in [3.05, 3.63) is 45.4 Å². The molecule has 3 aromatic rings. The Hall–Kier alpha value is -1.85. The van der Waals surface area contributed by atoms with Gasteiger partial charge in [0, 0.05) is 32.3 Å². The Morgan fingerprint density at radius 3 is 3.04 bits per heavy atom. The van der Waals surface area contributed by atoms with E-state index in [9.17, 15) is 4.79 Å². The number of carbonyl (C=O) groups excluding carboxylic acids is 1. The van der Waals surface area contributed by atoms with Crippen LogP contribution in [-0.4, -0.2) is 16.1 Å². The summed E-state index contributed by atoms with van der Waals surface area (Å²) in [5.41, 5.74) is 2.25. The van der Waals surface area contributed by atoms with Gasteiger partial charge >= 0.3 is 0 Å². The Balaban J connectivity index is 1.50. The number of rotatable bonds is 4. The zero-order valence-electron chi connectivity index (χ0n) is 12.6. The van der Waals surface area contributed by atoms with Crippen LogP contribution >= 0.6 is 22.9 Å². The highest BCUT2D eigenvalue weighted by molar-refractivity contribution is 7.19. The van der Waals surface area contributed by atoms with Gasteiger partial charge in [-0.25, -0.2) is 0 Å². The van der Waals surface area contributed by atoms with E-state index >= 15 is 0 Å². The molecule has 1 fully saturated rings. The molecule has 1 aromatic carbocycles. The second kappa shape index (κ2) is 5.65. The molecule has 118 valence electrons. The van der Waals surface area contributed by atoms with Crippen LogP contribution in [0.15, 0.2) is 24.3 Å². The zero-order valence-corrected chi connectivity index (χ0v) is 14.2. The van der Waals surface area contributed by atoms with Crippen molar-refractivity contribution in [2.75, 3.05) is 5.32 Å². The smallest absolute Gasteiger partial charge is 0.230 e. The normalized spacial score (nSPS) is 14.3. The molecule has 0 spiro atoms. The van der Waals surface area contributed by atoms with Gasteiger partial charge in [0.2, 0.25) is 5.91 Å². The van der Waals surface area contributed by atoms with Crippen molar-refractivity contribution < 1.29 is 4.79 Å². The van der Waals surface area contributed by atoms with Crippen LogP contribution in [0.25, 0.3) is 10.1 Å². The minimum atomic E-state index is -0.0420. The molecule has 1 amide bonds. The number of H-pyrrole nitrogens is 1. The summed E-state index contributed by atoms with van der Waals surface area (Å²) in [5, 5.41) is 11.9. The third-order valence-electron chi connectivity index (χ3n) is 4.20. The number of amides is 1. The number of benzene rings is 1. The molecule has 2 heterocycles. The highest BCUT2D eigenvalue weighted by Crippen LogP contribution is 2.39. The average Bonchev–Trinajstić information content (AvgIpc) is 3.20. The van der Waals surface area contributed by atoms with Crippen LogP contribution in [0.3, 0.4) is 0 Å². The molecule has 2 N–H and O–H groups in total. The second-order valence-corrected chi connectivity index (χ2v) is 7.57. The molecule has 1 aliphatic rings. The van der Waals surface area contributed by atoms with E-state index < -0.39 is 0 Å². The molecular formula is C17H16ClN3OS.